The van der Waals surface area contributed by atoms with E-state index >= 15 is 0 Å². The summed E-state index contributed by atoms with van der Waals surface area (Å²) in [5.74, 6) is 0. The third kappa shape index (κ3) is 3.10. The van der Waals surface area contributed by atoms with Crippen molar-refractivity contribution >= 4 is 49.9 Å². The summed E-state index contributed by atoms with van der Waals surface area (Å²) in [7, 11) is 2.01. The SMILES string of the molecule is CNC(c1ccc(C)s1)c1cc(Br)ccc1I. The van der Waals surface area contributed by atoms with Crippen LogP contribution in [0.5, 0.6) is 0 Å². The molecule has 1 aromatic heterocycles. The Bertz CT molecular complexity index is 524. The zero-order valence-corrected chi connectivity index (χ0v) is 14.2. The van der Waals surface area contributed by atoms with Gasteiger partial charge >= 0.3 is 0 Å². The number of thiophene rings is 1. The molecule has 0 aliphatic rings. The monoisotopic (exact) mass is 421 g/mol. The molecular weight excluding hydrogens is 409 g/mol. The summed E-state index contributed by atoms with van der Waals surface area (Å²) in [6, 6.07) is 11.1. The van der Waals surface area contributed by atoms with Crippen LogP contribution in [0.25, 0.3) is 0 Å². The zero-order valence-electron chi connectivity index (χ0n) is 9.63. The topological polar surface area (TPSA) is 12.0 Å². The number of aryl methyl sites for hydroxylation is 1. The Morgan fingerprint density at radius 2 is 2.06 bits per heavy atom. The number of halogens is 2. The normalized spacial score (nSPS) is 12.7. The van der Waals surface area contributed by atoms with Crippen LogP contribution in [0.1, 0.15) is 21.4 Å². The molecule has 1 N–H and O–H groups in total. The lowest BCUT2D eigenvalue weighted by molar-refractivity contribution is 0.700. The highest BCUT2D eigenvalue weighted by Gasteiger charge is 2.16. The molecule has 0 fully saturated rings. The zero-order chi connectivity index (χ0) is 12.4. The average Bonchev–Trinajstić information content (AvgIpc) is 2.71. The molecular formula is C13H13BrINS. The summed E-state index contributed by atoms with van der Waals surface area (Å²) < 4.78 is 2.41. The summed E-state index contributed by atoms with van der Waals surface area (Å²) in [6.45, 7) is 2.15. The second kappa shape index (κ2) is 5.82. The first-order valence-corrected chi connectivity index (χ1v) is 7.99. The van der Waals surface area contributed by atoms with Gasteiger partial charge in [-0.05, 0) is 72.5 Å². The first-order valence-electron chi connectivity index (χ1n) is 5.30. The molecule has 0 amide bonds. The van der Waals surface area contributed by atoms with Crippen LogP contribution < -0.4 is 5.32 Å². The molecule has 90 valence electrons. The number of rotatable bonds is 3. The van der Waals surface area contributed by atoms with E-state index < -0.39 is 0 Å². The van der Waals surface area contributed by atoms with E-state index in [4.69, 9.17) is 0 Å². The van der Waals surface area contributed by atoms with E-state index in [1.807, 2.05) is 18.4 Å². The van der Waals surface area contributed by atoms with Gasteiger partial charge in [-0.3, -0.25) is 0 Å². The van der Waals surface area contributed by atoms with Crippen molar-refractivity contribution in [1.29, 1.82) is 0 Å². The van der Waals surface area contributed by atoms with Crippen LogP contribution in [-0.2, 0) is 0 Å². The van der Waals surface area contributed by atoms with Gasteiger partial charge < -0.3 is 5.32 Å². The molecule has 2 aromatic rings. The molecule has 2 rings (SSSR count). The molecule has 0 saturated carbocycles. The van der Waals surface area contributed by atoms with Crippen molar-refractivity contribution in [2.24, 2.45) is 0 Å². The standard InChI is InChI=1S/C13H13BrINS/c1-8-3-6-12(17-8)13(16-2)10-7-9(14)4-5-11(10)15/h3-7,13,16H,1-2H3. The fourth-order valence-electron chi connectivity index (χ4n) is 1.80. The predicted molar refractivity (Wildman–Crippen MR) is 86.8 cm³/mol. The van der Waals surface area contributed by atoms with Crippen LogP contribution >= 0.6 is 49.9 Å². The van der Waals surface area contributed by atoms with Crippen molar-refractivity contribution in [3.05, 3.63) is 53.7 Å². The molecule has 0 saturated heterocycles. The Hall–Kier alpha value is 0.0900. The van der Waals surface area contributed by atoms with Crippen molar-refractivity contribution in [2.75, 3.05) is 7.05 Å². The van der Waals surface area contributed by atoms with E-state index in [0.717, 1.165) is 4.47 Å². The minimum atomic E-state index is 0.276. The Labute approximate surface area is 128 Å². The van der Waals surface area contributed by atoms with Crippen LogP contribution in [0.2, 0.25) is 0 Å². The largest absolute Gasteiger partial charge is 0.309 e. The van der Waals surface area contributed by atoms with Gasteiger partial charge in [-0.15, -0.1) is 11.3 Å². The van der Waals surface area contributed by atoms with Crippen molar-refractivity contribution in [1.82, 2.24) is 5.32 Å². The van der Waals surface area contributed by atoms with E-state index in [0.29, 0.717) is 0 Å². The molecule has 0 bridgehead atoms. The first kappa shape index (κ1) is 13.5. The third-order valence-electron chi connectivity index (χ3n) is 2.60. The molecule has 0 radical (unpaired) electrons. The van der Waals surface area contributed by atoms with E-state index in [2.05, 4.69) is 81.1 Å². The van der Waals surface area contributed by atoms with Gasteiger partial charge in [0.25, 0.3) is 0 Å². The van der Waals surface area contributed by atoms with Gasteiger partial charge in [-0.2, -0.15) is 0 Å². The van der Waals surface area contributed by atoms with Crippen molar-refractivity contribution < 1.29 is 0 Å². The van der Waals surface area contributed by atoms with Crippen LogP contribution in [0, 0.1) is 10.5 Å². The highest BCUT2D eigenvalue weighted by atomic mass is 127. The van der Waals surface area contributed by atoms with Crippen LogP contribution in [0.3, 0.4) is 0 Å². The number of nitrogens with one attached hydrogen (secondary N) is 1. The number of benzene rings is 1. The molecule has 1 atom stereocenters. The van der Waals surface area contributed by atoms with Gasteiger partial charge in [0.2, 0.25) is 0 Å². The lowest BCUT2D eigenvalue weighted by Crippen LogP contribution is -2.17. The third-order valence-corrected chi connectivity index (χ3v) is 5.14. The Kier molecular flexibility index (Phi) is 4.63. The van der Waals surface area contributed by atoms with E-state index in [1.54, 1.807) is 0 Å². The molecule has 0 aliphatic heterocycles. The lowest BCUT2D eigenvalue weighted by Gasteiger charge is -2.17. The molecule has 0 aliphatic carbocycles. The Morgan fingerprint density at radius 3 is 2.65 bits per heavy atom. The van der Waals surface area contributed by atoms with E-state index in [1.165, 1.54) is 18.9 Å². The maximum Gasteiger partial charge on any atom is 0.0679 e. The minimum Gasteiger partial charge on any atom is -0.309 e. The first-order chi connectivity index (χ1) is 8.11. The van der Waals surface area contributed by atoms with Crippen LogP contribution in [0.15, 0.2) is 34.8 Å². The molecule has 1 aromatic carbocycles. The second-order valence-corrected chi connectivity index (χ2v) is 7.23. The summed E-state index contributed by atoms with van der Waals surface area (Å²) in [5.41, 5.74) is 1.32. The molecule has 1 nitrogen and oxygen atoms in total. The average molecular weight is 422 g/mol. The van der Waals surface area contributed by atoms with Gasteiger partial charge in [0.1, 0.15) is 0 Å². The van der Waals surface area contributed by atoms with E-state index in [9.17, 15) is 0 Å². The second-order valence-electron chi connectivity index (χ2n) is 3.84. The summed E-state index contributed by atoms with van der Waals surface area (Å²) in [5, 5.41) is 3.40. The highest BCUT2D eigenvalue weighted by molar-refractivity contribution is 14.1. The molecule has 0 spiro atoms. The minimum absolute atomic E-state index is 0.276. The van der Waals surface area contributed by atoms with Crippen LogP contribution in [-0.4, -0.2) is 7.05 Å². The van der Waals surface area contributed by atoms with Gasteiger partial charge in [0.15, 0.2) is 0 Å². The molecule has 17 heavy (non-hydrogen) atoms. The van der Waals surface area contributed by atoms with Crippen molar-refractivity contribution in [3.8, 4) is 0 Å². The maximum atomic E-state index is 3.54. The van der Waals surface area contributed by atoms with Crippen molar-refractivity contribution in [3.63, 3.8) is 0 Å². The Morgan fingerprint density at radius 1 is 1.29 bits per heavy atom. The van der Waals surface area contributed by atoms with Crippen LogP contribution in [0.4, 0.5) is 0 Å². The fraction of sp³-hybridized carbons (Fsp3) is 0.231. The number of hydrogen-bond donors (Lipinski definition) is 1. The summed E-state index contributed by atoms with van der Waals surface area (Å²) >= 11 is 7.79. The van der Waals surface area contributed by atoms with Gasteiger partial charge in [-0.25, -0.2) is 0 Å². The Balaban J connectivity index is 2.45. The highest BCUT2D eigenvalue weighted by Crippen LogP contribution is 2.32. The molecule has 1 heterocycles. The van der Waals surface area contributed by atoms with E-state index in [-0.39, 0.29) is 6.04 Å². The summed E-state index contributed by atoms with van der Waals surface area (Å²) in [6.07, 6.45) is 0. The molecule has 1 unspecified atom stereocenters. The van der Waals surface area contributed by atoms with Gasteiger partial charge in [-0.1, -0.05) is 15.9 Å². The number of hydrogen-bond acceptors (Lipinski definition) is 2. The lowest BCUT2D eigenvalue weighted by atomic mass is 10.1. The maximum absolute atomic E-state index is 3.54. The quantitative estimate of drug-likeness (QED) is 0.706. The van der Waals surface area contributed by atoms with Gasteiger partial charge in [0, 0.05) is 17.8 Å². The van der Waals surface area contributed by atoms with Gasteiger partial charge in [0.05, 0.1) is 6.04 Å². The summed E-state index contributed by atoms with van der Waals surface area (Å²) in [4.78, 5) is 2.71. The van der Waals surface area contributed by atoms with Crippen molar-refractivity contribution in [2.45, 2.75) is 13.0 Å². The molecule has 4 heteroatoms. The smallest absolute Gasteiger partial charge is 0.0679 e. The predicted octanol–water partition coefficient (Wildman–Crippen LogP) is 4.73. The fourth-order valence-corrected chi connectivity index (χ4v) is 3.83.